The third-order valence-corrected chi connectivity index (χ3v) is 16.0. The average Bonchev–Trinajstić information content (AvgIpc) is 2.93. The van der Waals surface area contributed by atoms with Crippen LogP contribution in [0.15, 0.2) is 172 Å². The molecule has 0 unspecified atom stereocenters. The Labute approximate surface area is 495 Å². The van der Waals surface area contributed by atoms with E-state index in [9.17, 15) is 51.9 Å². The number of para-hydroxylation sites is 1. The molecule has 0 aliphatic heterocycles. The Kier molecular flexibility index (Phi) is 18.2. The van der Waals surface area contributed by atoms with Gasteiger partial charge in [-0.15, -0.1) is 11.3 Å². The van der Waals surface area contributed by atoms with Crippen molar-refractivity contribution in [1.82, 2.24) is 63.9 Å². The molecule has 0 radical (unpaired) electrons. The van der Waals surface area contributed by atoms with Crippen molar-refractivity contribution >= 4 is 102 Å². The number of sulfonamides is 1. The molecule has 5 aromatic heterocycles. The molecule has 5 heterocycles. The Hall–Kier alpha value is -11.0. The first kappa shape index (κ1) is 59.2. The van der Waals surface area contributed by atoms with Crippen LogP contribution in [-0.4, -0.2) is 142 Å². The third-order valence-electron chi connectivity index (χ3n) is 13.1. The fourth-order valence-electron chi connectivity index (χ4n) is 9.03. The molecule has 28 nitrogen and oxygen atoms in total. The number of benzene rings is 5. The van der Waals surface area contributed by atoms with Crippen LogP contribution in [0.3, 0.4) is 0 Å². The van der Waals surface area contributed by atoms with Crippen molar-refractivity contribution < 1.29 is 51.8 Å². The quantitative estimate of drug-likeness (QED) is 0.0441. The van der Waals surface area contributed by atoms with Crippen molar-refractivity contribution in [2.75, 3.05) is 49.9 Å². The molecule has 0 atom stereocenters. The van der Waals surface area contributed by atoms with E-state index in [1.807, 2.05) is 24.3 Å². The maximum atomic E-state index is 14.3. The van der Waals surface area contributed by atoms with Gasteiger partial charge in [0.25, 0.3) is 21.1 Å². The zero-order valence-corrected chi connectivity index (χ0v) is 47.1. The summed E-state index contributed by atoms with van der Waals surface area (Å²) in [5.74, 6) is -4.55. The molecule has 444 valence electrons. The number of nitrogens with one attached hydrogen (secondary N) is 6. The Morgan fingerprint density at radius 1 is 0.575 bits per heavy atom. The van der Waals surface area contributed by atoms with Crippen molar-refractivity contribution in [1.29, 1.82) is 0 Å². The number of carbonyl (C=O) groups excluding carboxylic acids is 5. The fourth-order valence-corrected chi connectivity index (χ4v) is 11.3. The molecule has 10 aromatic rings. The number of aliphatic carboxylic acids is 1. The van der Waals surface area contributed by atoms with E-state index in [0.717, 1.165) is 38.4 Å². The van der Waals surface area contributed by atoms with E-state index in [1.54, 1.807) is 121 Å². The highest BCUT2D eigenvalue weighted by atomic mass is 32.2. The van der Waals surface area contributed by atoms with E-state index in [-0.39, 0.29) is 51.7 Å². The molecule has 5 amide bonds. The number of anilines is 2. The third kappa shape index (κ3) is 14.7. The second kappa shape index (κ2) is 26.7. The van der Waals surface area contributed by atoms with Crippen LogP contribution in [0.2, 0.25) is 0 Å². The minimum absolute atomic E-state index is 0.152. The Bertz CT molecular complexity index is 4280. The summed E-state index contributed by atoms with van der Waals surface area (Å²) in [4.78, 5) is 135. The lowest BCUT2D eigenvalue weighted by molar-refractivity contribution is -0.144. The number of aromatic amines is 2. The molecule has 7 N–H and O–H groups in total. The molecule has 5 aromatic carbocycles. The van der Waals surface area contributed by atoms with Gasteiger partial charge in [-0.1, -0.05) is 133 Å². The number of thiazole rings is 1. The van der Waals surface area contributed by atoms with Gasteiger partial charge in [0.2, 0.25) is 34.0 Å². The van der Waals surface area contributed by atoms with Crippen LogP contribution in [-0.2, 0) is 51.8 Å². The average molecular weight is 1220 g/mol. The molecule has 0 saturated carbocycles. The first-order valence-electron chi connectivity index (χ1n) is 26.5. The summed E-state index contributed by atoms with van der Waals surface area (Å²) in [5.41, 5.74) is 0.772. The molecular formula is C57H51N15O13S2. The van der Waals surface area contributed by atoms with Crippen molar-refractivity contribution in [3.8, 4) is 0 Å². The number of hydrogen-bond donors (Lipinski definition) is 7. The largest absolute Gasteiger partial charge is 0.480 e. The van der Waals surface area contributed by atoms with Gasteiger partial charge < -0.3 is 38.8 Å². The number of carboxylic acids is 1. The van der Waals surface area contributed by atoms with E-state index in [2.05, 4.69) is 55.6 Å². The zero-order chi connectivity index (χ0) is 61.0. The van der Waals surface area contributed by atoms with Crippen LogP contribution in [0.1, 0.15) is 34.5 Å². The van der Waals surface area contributed by atoms with Crippen molar-refractivity contribution in [3.05, 3.63) is 201 Å². The van der Waals surface area contributed by atoms with Crippen LogP contribution in [0.5, 0.6) is 0 Å². The lowest BCUT2D eigenvalue weighted by Gasteiger charge is -2.24. The lowest BCUT2D eigenvalue weighted by atomic mass is 10.0. The number of nitrogens with zero attached hydrogens (tertiary/aromatic N) is 9. The summed E-state index contributed by atoms with van der Waals surface area (Å²) in [5, 5.41) is 17.2. The maximum Gasteiger partial charge on any atom is 0.414 e. The van der Waals surface area contributed by atoms with E-state index in [4.69, 9.17) is 9.47 Å². The predicted octanol–water partition coefficient (Wildman–Crippen LogP) is 4.38. The van der Waals surface area contributed by atoms with Crippen LogP contribution in [0.25, 0.3) is 32.5 Å². The van der Waals surface area contributed by atoms with Gasteiger partial charge in [0, 0.05) is 26.2 Å². The number of H-pyrrole nitrogens is 2. The van der Waals surface area contributed by atoms with Gasteiger partial charge in [-0.25, -0.2) is 37.7 Å². The number of carboxylic acid groups (broad SMARTS) is 1. The number of carbonyl (C=O) groups is 6. The SMILES string of the molecule is O=C(O)CN(CCNC(=O)CN(CCNS(=O)(=O)c1nc2ccccc2s1)C(=O)Cn1cnc2c(=O)[nH]c(NC(=O)OC(c3ccccc3)c3ccccc3)nc21)C(=O)Cn1cnc2c(=O)[nH]c(NC(=O)OC(c3ccccc3)c3ccccc3)nc21. The highest BCUT2D eigenvalue weighted by Gasteiger charge is 2.27. The number of imidazole rings is 2. The van der Waals surface area contributed by atoms with Gasteiger partial charge in [0.05, 0.1) is 29.4 Å². The molecule has 0 saturated heterocycles. The standard InChI is InChI=1S/C57H51N15O13S2/c73-41(58-25-27-70(32-44(76)77)43(75)31-72-34-60-46-50(72)64-54(66-52(46)79)68-56(81)85-48(37-19-9-3-10-20-37)38-21-11-4-12-22-38)29-69(28-26-61-87(82,83)57-62-39-23-13-14-24-40(39)86-57)42(74)30-71-33-59-45-49(71)63-53(65-51(45)78)67-55(80)84-47(35-15-5-1-6-16-35)36-17-7-2-8-18-36/h1-24,33-34,47-48,61H,25-32H2,(H,58,73)(H,76,77)(H2,63,65,67,78,80)(H2,64,66,68,79,81). The summed E-state index contributed by atoms with van der Waals surface area (Å²) in [6, 6.07) is 42.5. The number of ether oxygens (including phenoxy) is 2. The first-order chi connectivity index (χ1) is 42.0. The molecule has 0 bridgehead atoms. The van der Waals surface area contributed by atoms with E-state index in [0.29, 0.717) is 32.5 Å². The Balaban J connectivity index is 0.810. The Morgan fingerprint density at radius 3 is 1.45 bits per heavy atom. The van der Waals surface area contributed by atoms with E-state index < -0.39 is 108 Å². The predicted molar refractivity (Wildman–Crippen MR) is 315 cm³/mol. The van der Waals surface area contributed by atoms with Gasteiger partial charge in [-0.2, -0.15) is 9.97 Å². The van der Waals surface area contributed by atoms with Crippen molar-refractivity contribution in [2.45, 2.75) is 29.6 Å². The molecule has 0 aliphatic carbocycles. The molecular weight excluding hydrogens is 1170 g/mol. The maximum absolute atomic E-state index is 14.3. The summed E-state index contributed by atoms with van der Waals surface area (Å²) in [6.45, 7) is -4.34. The van der Waals surface area contributed by atoms with Crippen molar-refractivity contribution in [2.24, 2.45) is 0 Å². The smallest absolute Gasteiger partial charge is 0.414 e. The number of hydrogen-bond acceptors (Lipinski definition) is 18. The number of aromatic nitrogens is 9. The summed E-state index contributed by atoms with van der Waals surface area (Å²) in [6.07, 6.45) is -1.40. The Morgan fingerprint density at radius 2 is 1.00 bits per heavy atom. The molecule has 87 heavy (non-hydrogen) atoms. The number of rotatable bonds is 24. The summed E-state index contributed by atoms with van der Waals surface area (Å²) in [7, 11) is -4.24. The van der Waals surface area contributed by atoms with Gasteiger partial charge in [0.15, 0.2) is 34.5 Å². The summed E-state index contributed by atoms with van der Waals surface area (Å²) >= 11 is 0.922. The van der Waals surface area contributed by atoms with Crippen LogP contribution >= 0.6 is 11.3 Å². The zero-order valence-electron chi connectivity index (χ0n) is 45.5. The van der Waals surface area contributed by atoms with Crippen LogP contribution in [0.4, 0.5) is 21.5 Å². The van der Waals surface area contributed by atoms with Crippen LogP contribution in [0, 0.1) is 0 Å². The fraction of sp³-hybridized carbons (Fsp3) is 0.175. The minimum atomic E-state index is -4.24. The van der Waals surface area contributed by atoms with Gasteiger partial charge in [-0.05, 0) is 34.4 Å². The molecule has 0 spiro atoms. The van der Waals surface area contributed by atoms with Gasteiger partial charge in [-0.3, -0.25) is 49.4 Å². The summed E-state index contributed by atoms with van der Waals surface area (Å²) < 4.78 is 43.6. The van der Waals surface area contributed by atoms with Gasteiger partial charge >= 0.3 is 18.2 Å². The normalized spacial score (nSPS) is 11.4. The van der Waals surface area contributed by atoms with E-state index in [1.165, 1.54) is 4.57 Å². The topological polar surface area (TPSA) is 370 Å². The monoisotopic (exact) mass is 1220 g/mol. The van der Waals surface area contributed by atoms with Gasteiger partial charge in [0.1, 0.15) is 19.6 Å². The highest BCUT2D eigenvalue weighted by molar-refractivity contribution is 7.91. The molecule has 10 rings (SSSR count). The first-order valence-corrected chi connectivity index (χ1v) is 28.8. The minimum Gasteiger partial charge on any atom is -0.480 e. The number of amides is 5. The molecule has 0 aliphatic rings. The highest BCUT2D eigenvalue weighted by Crippen LogP contribution is 2.29. The van der Waals surface area contributed by atoms with Crippen molar-refractivity contribution in [3.63, 3.8) is 0 Å². The molecule has 0 fully saturated rings. The molecule has 30 heteroatoms. The second-order valence-electron chi connectivity index (χ2n) is 19.1. The number of fused-ring (bicyclic) bond motifs is 3. The lowest BCUT2D eigenvalue weighted by Crippen LogP contribution is -2.47. The van der Waals surface area contributed by atoms with Crippen LogP contribution < -0.4 is 31.8 Å². The van der Waals surface area contributed by atoms with E-state index >= 15 is 0 Å². The second-order valence-corrected chi connectivity index (χ2v) is 22.1.